The molecule has 0 aliphatic carbocycles. The number of amides is 1. The van der Waals surface area contributed by atoms with Gasteiger partial charge in [-0.3, -0.25) is 15.1 Å². The van der Waals surface area contributed by atoms with Gasteiger partial charge in [0.1, 0.15) is 0 Å². The van der Waals surface area contributed by atoms with Crippen LogP contribution in [-0.4, -0.2) is 31.5 Å². The number of anilines is 1. The summed E-state index contributed by atoms with van der Waals surface area (Å²) >= 11 is 0. The molecule has 0 fully saturated rings. The van der Waals surface area contributed by atoms with E-state index in [2.05, 4.69) is 30.9 Å². The van der Waals surface area contributed by atoms with Crippen LogP contribution in [0.3, 0.4) is 0 Å². The first kappa shape index (κ1) is 12.2. The zero-order chi connectivity index (χ0) is 14.1. The number of pyridine rings is 1. The molecule has 2 N–H and O–H groups in total. The molecule has 7 heteroatoms. The molecule has 0 bridgehead atoms. The van der Waals surface area contributed by atoms with Gasteiger partial charge in [0.25, 0.3) is 11.9 Å². The monoisotopic (exact) mass is 268 g/mol. The van der Waals surface area contributed by atoms with Gasteiger partial charge in [-0.25, -0.2) is 0 Å². The molecular weight excluding hydrogens is 256 g/mol. The number of nitrogens with zero attached hydrogens (tertiary/aromatic N) is 4. The Kier molecular flexibility index (Phi) is 2.86. The number of tetrazole rings is 1. The lowest BCUT2D eigenvalue weighted by Crippen LogP contribution is -2.15. The van der Waals surface area contributed by atoms with E-state index in [1.165, 1.54) is 0 Å². The number of fused-ring (bicyclic) bond motifs is 1. The van der Waals surface area contributed by atoms with Crippen molar-refractivity contribution in [2.45, 2.75) is 13.8 Å². The highest BCUT2D eigenvalue weighted by molar-refractivity contribution is 6.05. The molecule has 0 unspecified atom stereocenters. The van der Waals surface area contributed by atoms with Crippen molar-refractivity contribution in [1.82, 2.24) is 25.6 Å². The summed E-state index contributed by atoms with van der Waals surface area (Å²) in [6, 6.07) is 7.73. The third kappa shape index (κ3) is 2.20. The Morgan fingerprint density at radius 1 is 1.25 bits per heavy atom. The van der Waals surface area contributed by atoms with Gasteiger partial charge < -0.3 is 0 Å². The number of hydrogen-bond acceptors (Lipinski definition) is 5. The summed E-state index contributed by atoms with van der Waals surface area (Å²) in [5.74, 6) is -0.169. The minimum absolute atomic E-state index is 0.137. The molecular formula is C13H12N6O. The first-order chi connectivity index (χ1) is 9.63. The fourth-order valence-corrected chi connectivity index (χ4v) is 1.99. The van der Waals surface area contributed by atoms with E-state index in [1.807, 2.05) is 31.2 Å². The molecule has 2 aromatic heterocycles. The molecule has 0 atom stereocenters. The third-order valence-corrected chi connectivity index (χ3v) is 2.98. The number of carbonyl (C=O) groups is 1. The molecule has 7 nitrogen and oxygen atoms in total. The maximum Gasteiger partial charge on any atom is 0.270 e. The van der Waals surface area contributed by atoms with Crippen LogP contribution in [0.5, 0.6) is 0 Å². The van der Waals surface area contributed by atoms with Crippen LogP contribution < -0.4 is 5.32 Å². The quantitative estimate of drug-likeness (QED) is 0.736. The largest absolute Gasteiger partial charge is 0.288 e. The lowest BCUT2D eigenvalue weighted by atomic mass is 10.1. The molecule has 100 valence electrons. The third-order valence-electron chi connectivity index (χ3n) is 2.98. The highest BCUT2D eigenvalue weighted by Crippen LogP contribution is 2.18. The fraction of sp³-hybridized carbons (Fsp3) is 0.154. The highest BCUT2D eigenvalue weighted by Gasteiger charge is 2.13. The number of H-pyrrole nitrogens is 1. The Hall–Kier alpha value is -2.83. The molecule has 3 aromatic rings. The Morgan fingerprint density at radius 2 is 2.10 bits per heavy atom. The summed E-state index contributed by atoms with van der Waals surface area (Å²) in [6.07, 6.45) is 0. The van der Waals surface area contributed by atoms with E-state index in [-0.39, 0.29) is 11.9 Å². The Morgan fingerprint density at radius 3 is 2.85 bits per heavy atom. The molecule has 3 rings (SSSR count). The molecule has 1 amide bonds. The summed E-state index contributed by atoms with van der Waals surface area (Å²) in [7, 11) is 0. The Balaban J connectivity index is 2.00. The van der Waals surface area contributed by atoms with Gasteiger partial charge in [0.05, 0.1) is 16.8 Å². The van der Waals surface area contributed by atoms with E-state index in [0.717, 1.165) is 16.5 Å². The average molecular weight is 268 g/mol. The lowest BCUT2D eigenvalue weighted by Gasteiger charge is -2.07. The second-order valence-corrected chi connectivity index (χ2v) is 4.51. The number of aryl methyl sites for hydroxylation is 2. The predicted molar refractivity (Wildman–Crippen MR) is 73.3 cm³/mol. The number of carbonyl (C=O) groups excluding carboxylic acids is 1. The second-order valence-electron chi connectivity index (χ2n) is 4.51. The maximum absolute atomic E-state index is 12.2. The zero-order valence-corrected chi connectivity index (χ0v) is 11.0. The minimum Gasteiger partial charge on any atom is -0.288 e. The normalized spacial score (nSPS) is 10.7. The van der Waals surface area contributed by atoms with Gasteiger partial charge in [0, 0.05) is 5.39 Å². The molecule has 0 aliphatic rings. The summed E-state index contributed by atoms with van der Waals surface area (Å²) in [6.45, 7) is 3.81. The maximum atomic E-state index is 12.2. The number of nitrogens with one attached hydrogen (secondary N) is 2. The molecule has 1 aromatic carbocycles. The summed E-state index contributed by atoms with van der Waals surface area (Å²) in [5.41, 5.74) is 3.15. The SMILES string of the molecule is Cc1ccc2cc(C(=O)Nc3nn[nH]n3)c(C)nc2c1. The van der Waals surface area contributed by atoms with E-state index in [1.54, 1.807) is 6.92 Å². The van der Waals surface area contributed by atoms with Gasteiger partial charge >= 0.3 is 0 Å². The van der Waals surface area contributed by atoms with Gasteiger partial charge in [-0.2, -0.15) is 5.21 Å². The van der Waals surface area contributed by atoms with Gasteiger partial charge in [0.2, 0.25) is 0 Å². The van der Waals surface area contributed by atoms with Crippen LogP contribution in [0, 0.1) is 13.8 Å². The van der Waals surface area contributed by atoms with Crippen LogP contribution in [0.1, 0.15) is 21.6 Å². The van der Waals surface area contributed by atoms with Crippen molar-refractivity contribution in [3.05, 3.63) is 41.1 Å². The van der Waals surface area contributed by atoms with Crippen molar-refractivity contribution >= 4 is 22.8 Å². The van der Waals surface area contributed by atoms with Gasteiger partial charge in [-0.1, -0.05) is 17.2 Å². The van der Waals surface area contributed by atoms with Crippen molar-refractivity contribution in [3.8, 4) is 0 Å². The van der Waals surface area contributed by atoms with Crippen molar-refractivity contribution < 1.29 is 4.79 Å². The topological polar surface area (TPSA) is 96.5 Å². The molecule has 0 saturated heterocycles. The first-order valence-corrected chi connectivity index (χ1v) is 6.06. The fourth-order valence-electron chi connectivity index (χ4n) is 1.99. The molecule has 20 heavy (non-hydrogen) atoms. The van der Waals surface area contributed by atoms with Crippen molar-refractivity contribution in [1.29, 1.82) is 0 Å². The molecule has 0 spiro atoms. The van der Waals surface area contributed by atoms with Gasteiger partial charge in [-0.05, 0) is 36.8 Å². The first-order valence-electron chi connectivity index (χ1n) is 6.06. The van der Waals surface area contributed by atoms with E-state index in [0.29, 0.717) is 11.3 Å². The van der Waals surface area contributed by atoms with Crippen molar-refractivity contribution in [3.63, 3.8) is 0 Å². The Labute approximate surface area is 114 Å². The number of hydrogen-bond donors (Lipinski definition) is 2. The summed E-state index contributed by atoms with van der Waals surface area (Å²) in [4.78, 5) is 16.6. The van der Waals surface area contributed by atoms with Crippen LogP contribution >= 0.6 is 0 Å². The van der Waals surface area contributed by atoms with Crippen LogP contribution in [0.2, 0.25) is 0 Å². The summed E-state index contributed by atoms with van der Waals surface area (Å²) < 4.78 is 0. The zero-order valence-electron chi connectivity index (χ0n) is 11.0. The number of rotatable bonds is 2. The number of aromatic nitrogens is 5. The van der Waals surface area contributed by atoms with Crippen molar-refractivity contribution in [2.24, 2.45) is 0 Å². The lowest BCUT2D eigenvalue weighted by molar-refractivity contribution is 0.102. The smallest absolute Gasteiger partial charge is 0.270 e. The summed E-state index contributed by atoms with van der Waals surface area (Å²) in [5, 5.41) is 16.5. The molecule has 2 heterocycles. The van der Waals surface area contributed by atoms with Gasteiger partial charge in [0.15, 0.2) is 0 Å². The predicted octanol–water partition coefficient (Wildman–Crippen LogP) is 1.62. The van der Waals surface area contributed by atoms with E-state index < -0.39 is 0 Å². The van der Waals surface area contributed by atoms with Crippen LogP contribution in [0.15, 0.2) is 24.3 Å². The van der Waals surface area contributed by atoms with Gasteiger partial charge in [-0.15, -0.1) is 5.10 Å². The second kappa shape index (κ2) is 4.69. The molecule has 0 aliphatic heterocycles. The Bertz CT molecular complexity index is 781. The average Bonchev–Trinajstić information content (AvgIpc) is 2.90. The van der Waals surface area contributed by atoms with E-state index in [9.17, 15) is 4.79 Å². The minimum atomic E-state index is -0.307. The van der Waals surface area contributed by atoms with E-state index in [4.69, 9.17) is 0 Å². The number of aromatic amines is 1. The standard InChI is InChI=1S/C13H12N6O/c1-7-3-4-9-6-10(8(2)14-11(9)5-7)12(20)15-13-16-18-19-17-13/h3-6H,1-2H3,(H2,15,16,17,18,19,20). The number of benzene rings is 1. The van der Waals surface area contributed by atoms with E-state index >= 15 is 0 Å². The van der Waals surface area contributed by atoms with Crippen LogP contribution in [0.25, 0.3) is 10.9 Å². The highest BCUT2D eigenvalue weighted by atomic mass is 16.1. The van der Waals surface area contributed by atoms with Crippen LogP contribution in [-0.2, 0) is 0 Å². The molecule has 0 radical (unpaired) electrons. The van der Waals surface area contributed by atoms with Crippen molar-refractivity contribution in [2.75, 3.05) is 5.32 Å². The van der Waals surface area contributed by atoms with Crippen LogP contribution in [0.4, 0.5) is 5.95 Å². The molecule has 0 saturated carbocycles.